The Morgan fingerprint density at radius 2 is 1.77 bits per heavy atom. The molecule has 2 heterocycles. The second-order valence-corrected chi connectivity index (χ2v) is 5.64. The average Bonchev–Trinajstić information content (AvgIpc) is 3.33. The summed E-state index contributed by atoms with van der Waals surface area (Å²) in [7, 11) is 0. The summed E-state index contributed by atoms with van der Waals surface area (Å²) in [4.78, 5) is 24.1. The van der Waals surface area contributed by atoms with Crippen molar-refractivity contribution in [3.63, 3.8) is 0 Å². The van der Waals surface area contributed by atoms with E-state index in [9.17, 15) is 9.59 Å². The molecule has 3 aromatic rings. The van der Waals surface area contributed by atoms with E-state index in [1.54, 1.807) is 48.7 Å². The number of rotatable bonds is 5. The Morgan fingerprint density at radius 1 is 0.962 bits per heavy atom. The van der Waals surface area contributed by atoms with Gasteiger partial charge in [-0.25, -0.2) is 0 Å². The van der Waals surface area contributed by atoms with Crippen LogP contribution in [-0.2, 0) is 6.54 Å². The molecular weight excluding hydrogens is 354 g/mol. The Morgan fingerprint density at radius 3 is 2.50 bits per heavy atom. The highest BCUT2D eigenvalue weighted by Gasteiger charge is 2.11. The number of thiocarbonyl (C=S) groups is 1. The molecule has 0 radical (unpaired) electrons. The van der Waals surface area contributed by atoms with Crippen LogP contribution in [-0.4, -0.2) is 16.9 Å². The zero-order valence-electron chi connectivity index (χ0n) is 13.5. The van der Waals surface area contributed by atoms with Gasteiger partial charge in [-0.1, -0.05) is 6.07 Å². The maximum absolute atomic E-state index is 12.2. The Hall–Kier alpha value is -3.39. The molecule has 26 heavy (non-hydrogen) atoms. The van der Waals surface area contributed by atoms with E-state index in [0.29, 0.717) is 23.6 Å². The van der Waals surface area contributed by atoms with Crippen molar-refractivity contribution >= 4 is 34.8 Å². The van der Waals surface area contributed by atoms with Crippen molar-refractivity contribution in [3.8, 4) is 0 Å². The zero-order chi connectivity index (χ0) is 18.4. The molecule has 0 unspecified atom stereocenters. The Labute approximate surface area is 154 Å². The molecule has 0 atom stereocenters. The summed E-state index contributed by atoms with van der Waals surface area (Å²) in [5, 5.41) is 8.21. The lowest BCUT2D eigenvalue weighted by Crippen LogP contribution is -2.34. The van der Waals surface area contributed by atoms with Gasteiger partial charge >= 0.3 is 0 Å². The van der Waals surface area contributed by atoms with Gasteiger partial charge in [-0.05, 0) is 54.7 Å². The van der Waals surface area contributed by atoms with Crippen LogP contribution in [0.1, 0.15) is 26.7 Å². The molecule has 1 aromatic carbocycles. The van der Waals surface area contributed by atoms with Crippen LogP contribution in [0.15, 0.2) is 69.9 Å². The van der Waals surface area contributed by atoms with Gasteiger partial charge in [0.2, 0.25) is 0 Å². The minimum Gasteiger partial charge on any atom is -0.467 e. The van der Waals surface area contributed by atoms with Gasteiger partial charge in [0.1, 0.15) is 5.76 Å². The van der Waals surface area contributed by atoms with Crippen LogP contribution in [0.5, 0.6) is 0 Å². The predicted molar refractivity (Wildman–Crippen MR) is 98.7 cm³/mol. The standard InChI is InChI=1S/C18H15N3O4S/c22-16(19-11-14-6-2-8-24-14)12-4-1-5-13(10-12)20-18(26)21-17(23)15-7-3-9-25-15/h1-10H,11H2,(H,19,22)(H2,20,21,23,26). The van der Waals surface area contributed by atoms with Gasteiger partial charge in [-0.2, -0.15) is 0 Å². The monoisotopic (exact) mass is 369 g/mol. The first-order chi connectivity index (χ1) is 12.6. The molecule has 0 saturated heterocycles. The molecular formula is C18H15N3O4S. The molecule has 132 valence electrons. The number of carbonyl (C=O) groups excluding carboxylic acids is 2. The van der Waals surface area contributed by atoms with Crippen molar-refractivity contribution < 1.29 is 18.4 Å². The normalized spacial score (nSPS) is 10.2. The first-order valence-corrected chi connectivity index (χ1v) is 8.09. The van der Waals surface area contributed by atoms with Crippen LogP contribution >= 0.6 is 12.2 Å². The lowest BCUT2D eigenvalue weighted by Gasteiger charge is -2.10. The smallest absolute Gasteiger partial charge is 0.293 e. The first-order valence-electron chi connectivity index (χ1n) is 7.68. The third kappa shape index (κ3) is 4.58. The number of amides is 2. The van der Waals surface area contributed by atoms with Gasteiger partial charge in [-0.15, -0.1) is 0 Å². The van der Waals surface area contributed by atoms with Crippen molar-refractivity contribution in [3.05, 3.63) is 78.1 Å². The summed E-state index contributed by atoms with van der Waals surface area (Å²) in [6, 6.07) is 13.4. The SMILES string of the molecule is O=C(NCc1ccco1)c1cccc(NC(=S)NC(=O)c2ccco2)c1. The summed E-state index contributed by atoms with van der Waals surface area (Å²) >= 11 is 5.10. The van der Waals surface area contributed by atoms with Gasteiger partial charge < -0.3 is 19.5 Å². The molecule has 0 aliphatic carbocycles. The predicted octanol–water partition coefficient (Wildman–Crippen LogP) is 2.93. The fourth-order valence-corrected chi connectivity index (χ4v) is 2.37. The van der Waals surface area contributed by atoms with Crippen LogP contribution in [0.2, 0.25) is 0 Å². The maximum Gasteiger partial charge on any atom is 0.293 e. The van der Waals surface area contributed by atoms with Crippen LogP contribution in [0.25, 0.3) is 0 Å². The average molecular weight is 369 g/mol. The minimum absolute atomic E-state index is 0.0968. The second kappa shape index (κ2) is 8.13. The number of hydrogen-bond acceptors (Lipinski definition) is 5. The Kier molecular flexibility index (Phi) is 5.45. The quantitative estimate of drug-likeness (QED) is 0.599. The van der Waals surface area contributed by atoms with Crippen LogP contribution in [0, 0.1) is 0 Å². The van der Waals surface area contributed by atoms with Crippen molar-refractivity contribution in [1.82, 2.24) is 10.6 Å². The van der Waals surface area contributed by atoms with E-state index in [0.717, 1.165) is 0 Å². The molecule has 7 nitrogen and oxygen atoms in total. The summed E-state index contributed by atoms with van der Waals surface area (Å²) in [5.74, 6) is 0.102. The molecule has 0 fully saturated rings. The molecule has 2 amide bonds. The van der Waals surface area contributed by atoms with Gasteiger partial charge in [-0.3, -0.25) is 14.9 Å². The highest BCUT2D eigenvalue weighted by Crippen LogP contribution is 2.11. The molecule has 0 saturated carbocycles. The third-order valence-electron chi connectivity index (χ3n) is 3.36. The van der Waals surface area contributed by atoms with Crippen LogP contribution in [0.3, 0.4) is 0 Å². The molecule has 8 heteroatoms. The van der Waals surface area contributed by atoms with E-state index in [1.165, 1.54) is 12.3 Å². The van der Waals surface area contributed by atoms with Crippen molar-refractivity contribution in [2.75, 3.05) is 5.32 Å². The maximum atomic E-state index is 12.2. The van der Waals surface area contributed by atoms with Crippen molar-refractivity contribution in [2.45, 2.75) is 6.54 Å². The Bertz CT molecular complexity index is 904. The van der Waals surface area contributed by atoms with Crippen molar-refractivity contribution in [1.29, 1.82) is 0 Å². The number of carbonyl (C=O) groups is 2. The Balaban J connectivity index is 1.57. The number of furan rings is 2. The van der Waals surface area contributed by atoms with Gasteiger partial charge in [0.25, 0.3) is 11.8 Å². The molecule has 0 aliphatic rings. The fraction of sp³-hybridized carbons (Fsp3) is 0.0556. The number of hydrogen-bond donors (Lipinski definition) is 3. The second-order valence-electron chi connectivity index (χ2n) is 5.23. The van der Waals surface area contributed by atoms with E-state index in [4.69, 9.17) is 21.1 Å². The first kappa shape index (κ1) is 17.4. The molecule has 3 N–H and O–H groups in total. The molecule has 0 aliphatic heterocycles. The minimum atomic E-state index is -0.458. The van der Waals surface area contributed by atoms with Gasteiger partial charge in [0, 0.05) is 11.3 Å². The van der Waals surface area contributed by atoms with Gasteiger partial charge in [0.15, 0.2) is 10.9 Å². The third-order valence-corrected chi connectivity index (χ3v) is 3.56. The number of nitrogens with one attached hydrogen (secondary N) is 3. The van der Waals surface area contributed by atoms with E-state index >= 15 is 0 Å². The highest BCUT2D eigenvalue weighted by molar-refractivity contribution is 7.80. The van der Waals surface area contributed by atoms with Crippen LogP contribution in [0.4, 0.5) is 5.69 Å². The number of anilines is 1. The summed E-state index contributed by atoms with van der Waals surface area (Å²) < 4.78 is 10.2. The molecule has 0 spiro atoms. The topological polar surface area (TPSA) is 96.5 Å². The van der Waals surface area contributed by atoms with Crippen molar-refractivity contribution in [2.24, 2.45) is 0 Å². The largest absolute Gasteiger partial charge is 0.467 e. The molecule has 2 aromatic heterocycles. The number of benzene rings is 1. The fourth-order valence-electron chi connectivity index (χ4n) is 2.16. The van der Waals surface area contributed by atoms with E-state index in [2.05, 4.69) is 16.0 Å². The van der Waals surface area contributed by atoms with Gasteiger partial charge in [0.05, 0.1) is 19.1 Å². The summed E-state index contributed by atoms with van der Waals surface area (Å²) in [6.07, 6.45) is 2.94. The lowest BCUT2D eigenvalue weighted by atomic mass is 10.2. The van der Waals surface area contributed by atoms with E-state index in [-0.39, 0.29) is 16.8 Å². The summed E-state index contributed by atoms with van der Waals surface area (Å²) in [6.45, 7) is 0.293. The summed E-state index contributed by atoms with van der Waals surface area (Å²) in [5.41, 5.74) is 1.02. The highest BCUT2D eigenvalue weighted by atomic mass is 32.1. The molecule has 3 rings (SSSR count). The van der Waals surface area contributed by atoms with Crippen LogP contribution < -0.4 is 16.0 Å². The lowest BCUT2D eigenvalue weighted by molar-refractivity contribution is 0.0941. The van der Waals surface area contributed by atoms with E-state index in [1.807, 2.05) is 0 Å². The van der Waals surface area contributed by atoms with E-state index < -0.39 is 5.91 Å². The zero-order valence-corrected chi connectivity index (χ0v) is 14.3. The molecule has 0 bridgehead atoms.